The number of ether oxygens (including phenoxy) is 1. The molecule has 46 heavy (non-hydrogen) atoms. The van der Waals surface area contributed by atoms with E-state index >= 15 is 0 Å². The number of anilines is 1. The third kappa shape index (κ3) is 9.46. The van der Waals surface area contributed by atoms with Gasteiger partial charge in [0, 0.05) is 63.8 Å². The average Bonchev–Trinajstić information content (AvgIpc) is 3.48. The second-order valence-corrected chi connectivity index (χ2v) is 12.2. The van der Waals surface area contributed by atoms with Crippen LogP contribution in [-0.4, -0.2) is 73.2 Å². The number of aryl methyl sites for hydroxylation is 1. The number of piperidine rings is 1. The fourth-order valence-corrected chi connectivity index (χ4v) is 6.32. The Morgan fingerprint density at radius 1 is 0.891 bits per heavy atom. The normalized spacial score (nSPS) is 13.6. The van der Waals surface area contributed by atoms with E-state index in [1.54, 1.807) is 18.5 Å². The van der Waals surface area contributed by atoms with E-state index in [0.29, 0.717) is 48.2 Å². The highest BCUT2D eigenvalue weighted by Crippen LogP contribution is 2.28. The summed E-state index contributed by atoms with van der Waals surface area (Å²) in [5.41, 5.74) is 4.59. The number of benzene rings is 2. The number of amides is 3. The fourth-order valence-electron chi connectivity index (χ4n) is 5.32. The van der Waals surface area contributed by atoms with E-state index in [4.69, 9.17) is 4.74 Å². The molecule has 0 radical (unpaired) electrons. The molecule has 1 aliphatic heterocycles. The van der Waals surface area contributed by atoms with E-state index in [1.807, 2.05) is 73.7 Å². The van der Waals surface area contributed by atoms with Crippen molar-refractivity contribution in [2.24, 2.45) is 0 Å². The highest BCUT2D eigenvalue weighted by molar-refractivity contribution is 7.16. The molecule has 4 aromatic rings. The summed E-state index contributed by atoms with van der Waals surface area (Å²) in [5, 5.41) is 12.1. The summed E-state index contributed by atoms with van der Waals surface area (Å²) in [6, 6.07) is 23.3. The van der Waals surface area contributed by atoms with Crippen molar-refractivity contribution in [2.45, 2.75) is 32.4 Å². The number of nitrogens with one attached hydrogen (secondary N) is 4. The standard InChI is InChI=1S/C35H40N6O4S/c1-25-23-31(33(42)38-18-17-37-24-26-11-15-36-16-12-26)46-32(25)34(43)39-19-22-41-20-13-28(14-21-41)45-35(44)40-30-10-6-5-9-29(30)27-7-3-2-4-8-27/h2-12,15-16,23,28,37H,13-14,17-22,24H2,1H3,(H,38,42)(H,39,43)(H,40,44). The predicted molar refractivity (Wildman–Crippen MR) is 181 cm³/mol. The molecular weight excluding hydrogens is 600 g/mol. The number of hydrogen-bond donors (Lipinski definition) is 4. The average molecular weight is 641 g/mol. The lowest BCUT2D eigenvalue weighted by atomic mass is 10.0. The monoisotopic (exact) mass is 640 g/mol. The summed E-state index contributed by atoms with van der Waals surface area (Å²) < 4.78 is 5.74. The zero-order valence-corrected chi connectivity index (χ0v) is 26.8. The maximum atomic E-state index is 12.9. The van der Waals surface area contributed by atoms with Crippen molar-refractivity contribution in [1.82, 2.24) is 25.8 Å². The van der Waals surface area contributed by atoms with E-state index in [2.05, 4.69) is 31.2 Å². The van der Waals surface area contributed by atoms with Crippen molar-refractivity contribution in [3.8, 4) is 11.1 Å². The Kier molecular flexibility index (Phi) is 11.9. The summed E-state index contributed by atoms with van der Waals surface area (Å²) in [7, 11) is 0. The lowest BCUT2D eigenvalue weighted by molar-refractivity contribution is 0.0587. The van der Waals surface area contributed by atoms with Gasteiger partial charge in [0.05, 0.1) is 15.4 Å². The largest absolute Gasteiger partial charge is 0.446 e. The number of pyridine rings is 1. The van der Waals surface area contributed by atoms with Crippen LogP contribution in [0.2, 0.25) is 0 Å². The molecular formula is C35H40N6O4S. The highest BCUT2D eigenvalue weighted by atomic mass is 32.1. The summed E-state index contributed by atoms with van der Waals surface area (Å²) in [4.78, 5) is 45.6. The van der Waals surface area contributed by atoms with Crippen LogP contribution in [-0.2, 0) is 11.3 Å². The first kappa shape index (κ1) is 32.8. The van der Waals surface area contributed by atoms with Crippen molar-refractivity contribution in [3.63, 3.8) is 0 Å². The summed E-state index contributed by atoms with van der Waals surface area (Å²) >= 11 is 1.21. The first-order chi connectivity index (χ1) is 22.5. The Hall–Kier alpha value is -4.58. The number of aromatic nitrogens is 1. The molecule has 10 nitrogen and oxygen atoms in total. The van der Waals surface area contributed by atoms with Crippen LogP contribution in [0.25, 0.3) is 11.1 Å². The molecule has 1 aliphatic rings. The Balaban J connectivity index is 0.982. The number of para-hydroxylation sites is 1. The third-order valence-corrected chi connectivity index (χ3v) is 9.02. The van der Waals surface area contributed by atoms with Crippen LogP contribution in [0.1, 0.15) is 43.3 Å². The number of rotatable bonds is 13. The third-order valence-electron chi connectivity index (χ3n) is 7.78. The fraction of sp³-hybridized carbons (Fsp3) is 0.314. The number of likely N-dealkylation sites (tertiary alicyclic amines) is 1. The molecule has 0 saturated carbocycles. The molecule has 3 amide bonds. The minimum atomic E-state index is -0.453. The molecule has 0 spiro atoms. The highest BCUT2D eigenvalue weighted by Gasteiger charge is 2.23. The molecule has 0 unspecified atom stereocenters. The number of carbonyl (C=O) groups is 3. The van der Waals surface area contributed by atoms with Crippen LogP contribution in [0.3, 0.4) is 0 Å². The first-order valence-electron chi connectivity index (χ1n) is 15.6. The molecule has 2 aromatic heterocycles. The van der Waals surface area contributed by atoms with Gasteiger partial charge in [-0.3, -0.25) is 19.9 Å². The molecule has 0 aliphatic carbocycles. The van der Waals surface area contributed by atoms with Gasteiger partial charge in [-0.2, -0.15) is 0 Å². The molecule has 3 heterocycles. The zero-order chi connectivity index (χ0) is 32.1. The van der Waals surface area contributed by atoms with Gasteiger partial charge in [-0.05, 0) is 60.7 Å². The summed E-state index contributed by atoms with van der Waals surface area (Å²) in [5.74, 6) is -0.358. The van der Waals surface area contributed by atoms with Crippen molar-refractivity contribution in [1.29, 1.82) is 0 Å². The van der Waals surface area contributed by atoms with Gasteiger partial charge >= 0.3 is 6.09 Å². The van der Waals surface area contributed by atoms with E-state index in [1.165, 1.54) is 11.3 Å². The molecule has 0 atom stereocenters. The van der Waals surface area contributed by atoms with Crippen LogP contribution in [0.4, 0.5) is 10.5 Å². The van der Waals surface area contributed by atoms with Crippen molar-refractivity contribution >= 4 is 34.9 Å². The SMILES string of the molecule is Cc1cc(C(=O)NCCNCc2ccncc2)sc1C(=O)NCCN1CCC(OC(=O)Nc2ccccc2-c2ccccc2)CC1. The van der Waals surface area contributed by atoms with Crippen LogP contribution < -0.4 is 21.3 Å². The molecule has 240 valence electrons. The van der Waals surface area contributed by atoms with Crippen molar-refractivity contribution < 1.29 is 19.1 Å². The maximum absolute atomic E-state index is 12.9. The lowest BCUT2D eigenvalue weighted by Crippen LogP contribution is -2.42. The van der Waals surface area contributed by atoms with E-state index in [0.717, 1.165) is 48.2 Å². The molecule has 1 fully saturated rings. The maximum Gasteiger partial charge on any atom is 0.411 e. The Morgan fingerprint density at radius 3 is 2.39 bits per heavy atom. The van der Waals surface area contributed by atoms with E-state index in [9.17, 15) is 14.4 Å². The molecule has 5 rings (SSSR count). The van der Waals surface area contributed by atoms with Gasteiger partial charge in [0.15, 0.2) is 0 Å². The number of nitrogens with zero attached hydrogens (tertiary/aromatic N) is 2. The van der Waals surface area contributed by atoms with Gasteiger partial charge in [-0.15, -0.1) is 11.3 Å². The summed E-state index contributed by atoms with van der Waals surface area (Å²) in [6.45, 7) is 6.39. The van der Waals surface area contributed by atoms with Gasteiger partial charge < -0.3 is 25.6 Å². The lowest BCUT2D eigenvalue weighted by Gasteiger charge is -2.31. The van der Waals surface area contributed by atoms with Crippen LogP contribution >= 0.6 is 11.3 Å². The second kappa shape index (κ2) is 16.6. The number of hydrogen-bond acceptors (Lipinski definition) is 8. The predicted octanol–water partition coefficient (Wildman–Crippen LogP) is 5.08. The quantitative estimate of drug-likeness (QED) is 0.150. The smallest absolute Gasteiger partial charge is 0.411 e. The number of carbonyl (C=O) groups excluding carboxylic acids is 3. The van der Waals surface area contributed by atoms with Crippen LogP contribution in [0.5, 0.6) is 0 Å². The molecule has 11 heteroatoms. The van der Waals surface area contributed by atoms with Gasteiger partial charge in [0.25, 0.3) is 11.8 Å². The van der Waals surface area contributed by atoms with Crippen molar-refractivity contribution in [3.05, 3.63) is 106 Å². The molecule has 2 aromatic carbocycles. The van der Waals surface area contributed by atoms with Crippen LogP contribution in [0.15, 0.2) is 85.2 Å². The molecule has 0 bridgehead atoms. The first-order valence-corrected chi connectivity index (χ1v) is 16.4. The topological polar surface area (TPSA) is 125 Å². The summed E-state index contributed by atoms with van der Waals surface area (Å²) in [6.07, 6.45) is 4.34. The Labute approximate surface area is 273 Å². The van der Waals surface area contributed by atoms with Gasteiger partial charge in [0.1, 0.15) is 6.10 Å². The zero-order valence-electron chi connectivity index (χ0n) is 26.0. The second-order valence-electron chi connectivity index (χ2n) is 11.1. The minimum absolute atomic E-state index is 0.162. The Morgan fingerprint density at radius 2 is 1.61 bits per heavy atom. The minimum Gasteiger partial charge on any atom is -0.446 e. The van der Waals surface area contributed by atoms with E-state index < -0.39 is 6.09 Å². The number of thiophene rings is 1. The van der Waals surface area contributed by atoms with Crippen LogP contribution in [0, 0.1) is 6.92 Å². The van der Waals surface area contributed by atoms with Gasteiger partial charge in [0.2, 0.25) is 0 Å². The van der Waals surface area contributed by atoms with Gasteiger partial charge in [-0.1, -0.05) is 48.5 Å². The molecule has 1 saturated heterocycles. The van der Waals surface area contributed by atoms with E-state index in [-0.39, 0.29) is 17.9 Å². The van der Waals surface area contributed by atoms with Gasteiger partial charge in [-0.25, -0.2) is 4.79 Å². The van der Waals surface area contributed by atoms with Crippen molar-refractivity contribution in [2.75, 3.05) is 44.6 Å². The molecule has 4 N–H and O–H groups in total. The Bertz CT molecular complexity index is 1590.